The molecule has 1 aliphatic rings. The predicted octanol–water partition coefficient (Wildman–Crippen LogP) is 3.30. The minimum Gasteiger partial charge on any atom is -0.495 e. The number of fused-ring (bicyclic) bond motifs is 1. The first-order valence-corrected chi connectivity index (χ1v) is 6.50. The maximum Gasteiger partial charge on any atom is 0.155 e. The van der Waals surface area contributed by atoms with Crippen LogP contribution in [0.2, 0.25) is 0 Å². The van der Waals surface area contributed by atoms with Crippen molar-refractivity contribution in [3.8, 4) is 5.75 Å². The minimum atomic E-state index is 0.321. The fraction of sp³-hybridized carbons (Fsp3) is 0.250. The van der Waals surface area contributed by atoms with Gasteiger partial charge < -0.3 is 19.8 Å². The van der Waals surface area contributed by atoms with E-state index in [0.29, 0.717) is 28.7 Å². The molecule has 1 N–H and O–H groups in total. The second-order valence-corrected chi connectivity index (χ2v) is 4.91. The number of hydrogen-bond donors (Lipinski definition) is 1. The van der Waals surface area contributed by atoms with Gasteiger partial charge in [-0.3, -0.25) is 0 Å². The van der Waals surface area contributed by atoms with Gasteiger partial charge in [0.2, 0.25) is 0 Å². The first-order valence-electron chi connectivity index (χ1n) is 6.50. The van der Waals surface area contributed by atoms with Gasteiger partial charge in [0.05, 0.1) is 12.8 Å². The van der Waals surface area contributed by atoms with Crippen LogP contribution in [0, 0.1) is 5.41 Å². The molecular formula is C16H19N3O2. The summed E-state index contributed by atoms with van der Waals surface area (Å²) >= 11 is 0. The zero-order chi connectivity index (χ0) is 15.6. The average Bonchev–Trinajstić information content (AvgIpc) is 2.43. The second-order valence-electron chi connectivity index (χ2n) is 4.91. The summed E-state index contributed by atoms with van der Waals surface area (Å²) in [6, 6.07) is 5.79. The number of hydrogen-bond acceptors (Lipinski definition) is 5. The van der Waals surface area contributed by atoms with Crippen LogP contribution in [-0.2, 0) is 4.74 Å². The number of ether oxygens (including phenoxy) is 2. The van der Waals surface area contributed by atoms with E-state index in [1.54, 1.807) is 13.0 Å². The molecule has 5 nitrogen and oxygen atoms in total. The van der Waals surface area contributed by atoms with Gasteiger partial charge in [-0.05, 0) is 19.1 Å². The van der Waals surface area contributed by atoms with Crippen LogP contribution in [0.3, 0.4) is 0 Å². The van der Waals surface area contributed by atoms with E-state index in [0.717, 1.165) is 11.4 Å². The first kappa shape index (κ1) is 14.8. The van der Waals surface area contributed by atoms with Crippen molar-refractivity contribution in [1.29, 1.82) is 5.41 Å². The van der Waals surface area contributed by atoms with Gasteiger partial charge in [0, 0.05) is 31.9 Å². The van der Waals surface area contributed by atoms with Gasteiger partial charge in [-0.2, -0.15) is 0 Å². The normalized spacial score (nSPS) is 14.0. The number of anilines is 1. The molecule has 1 aliphatic heterocycles. The zero-order valence-electron chi connectivity index (χ0n) is 12.7. The number of methoxy groups -OCH3 is 1. The molecule has 0 radical (unpaired) electrons. The van der Waals surface area contributed by atoms with E-state index in [1.165, 1.54) is 7.11 Å². The molecule has 1 aromatic rings. The number of allylic oxidation sites excluding steroid dienone is 2. The molecule has 0 amide bonds. The monoisotopic (exact) mass is 285 g/mol. The van der Waals surface area contributed by atoms with Gasteiger partial charge in [-0.1, -0.05) is 6.58 Å². The molecule has 5 heteroatoms. The van der Waals surface area contributed by atoms with E-state index in [4.69, 9.17) is 14.9 Å². The lowest BCUT2D eigenvalue weighted by Gasteiger charge is -2.20. The smallest absolute Gasteiger partial charge is 0.155 e. The Bertz CT molecular complexity index is 657. The Morgan fingerprint density at radius 2 is 2.14 bits per heavy atom. The fourth-order valence-corrected chi connectivity index (χ4v) is 1.89. The molecule has 2 rings (SSSR count). The number of nitrogens with zero attached hydrogens (tertiary/aromatic N) is 2. The highest BCUT2D eigenvalue weighted by Gasteiger charge is 2.18. The van der Waals surface area contributed by atoms with Gasteiger partial charge in [-0.15, -0.1) is 0 Å². The highest BCUT2D eigenvalue weighted by Crippen LogP contribution is 2.36. The average molecular weight is 285 g/mol. The molecule has 21 heavy (non-hydrogen) atoms. The van der Waals surface area contributed by atoms with Crippen LogP contribution in [0.25, 0.3) is 0 Å². The lowest BCUT2D eigenvalue weighted by atomic mass is 10.2. The van der Waals surface area contributed by atoms with Crippen molar-refractivity contribution in [2.75, 3.05) is 26.1 Å². The van der Waals surface area contributed by atoms with Gasteiger partial charge in [0.25, 0.3) is 0 Å². The molecule has 110 valence electrons. The van der Waals surface area contributed by atoms with Crippen molar-refractivity contribution in [1.82, 2.24) is 0 Å². The Hall–Kier alpha value is -2.56. The Morgan fingerprint density at radius 1 is 1.43 bits per heavy atom. The largest absolute Gasteiger partial charge is 0.495 e. The number of nitrogens with one attached hydrogen (secondary N) is 1. The summed E-state index contributed by atoms with van der Waals surface area (Å²) in [4.78, 5) is 6.51. The van der Waals surface area contributed by atoms with E-state index < -0.39 is 0 Å². The third kappa shape index (κ3) is 3.13. The van der Waals surface area contributed by atoms with Crippen molar-refractivity contribution in [2.24, 2.45) is 4.99 Å². The lowest BCUT2D eigenvalue weighted by molar-refractivity contribution is 0.314. The van der Waals surface area contributed by atoms with E-state index in [-0.39, 0.29) is 0 Å². The van der Waals surface area contributed by atoms with Crippen molar-refractivity contribution in [2.45, 2.75) is 6.92 Å². The highest BCUT2D eigenvalue weighted by atomic mass is 16.5. The molecule has 1 aromatic carbocycles. The molecular weight excluding hydrogens is 266 g/mol. The molecule has 0 aliphatic carbocycles. The summed E-state index contributed by atoms with van der Waals surface area (Å²) < 4.78 is 10.9. The second kappa shape index (κ2) is 5.83. The first-order chi connectivity index (χ1) is 9.92. The number of aliphatic imine (C=N–C) groups is 1. The maximum atomic E-state index is 7.63. The Labute approximate surface area is 124 Å². The van der Waals surface area contributed by atoms with Crippen LogP contribution in [0.1, 0.15) is 6.92 Å². The fourth-order valence-electron chi connectivity index (χ4n) is 1.89. The number of rotatable bonds is 4. The number of benzene rings is 1. The summed E-state index contributed by atoms with van der Waals surface area (Å²) in [7, 11) is 5.46. The third-order valence-corrected chi connectivity index (χ3v) is 3.08. The van der Waals surface area contributed by atoms with E-state index >= 15 is 0 Å². The summed E-state index contributed by atoms with van der Waals surface area (Å²) in [5.74, 6) is 1.55. The molecule has 0 saturated heterocycles. The lowest BCUT2D eigenvalue weighted by Crippen LogP contribution is -2.13. The summed E-state index contributed by atoms with van der Waals surface area (Å²) in [5, 5.41) is 7.63. The molecule has 0 unspecified atom stereocenters. The Balaban J connectivity index is 2.43. The molecule has 0 bridgehead atoms. The van der Waals surface area contributed by atoms with E-state index in [9.17, 15) is 0 Å². The zero-order valence-corrected chi connectivity index (χ0v) is 12.7. The predicted molar refractivity (Wildman–Crippen MR) is 86.1 cm³/mol. The van der Waals surface area contributed by atoms with Crippen LogP contribution < -0.4 is 9.64 Å². The maximum absolute atomic E-state index is 7.63. The summed E-state index contributed by atoms with van der Waals surface area (Å²) in [5.41, 5.74) is 2.64. The molecule has 0 aromatic heterocycles. The van der Waals surface area contributed by atoms with Gasteiger partial charge in [-0.25, -0.2) is 4.99 Å². The Morgan fingerprint density at radius 3 is 2.71 bits per heavy atom. The molecule has 0 saturated carbocycles. The van der Waals surface area contributed by atoms with Crippen molar-refractivity contribution < 1.29 is 9.47 Å². The van der Waals surface area contributed by atoms with Crippen LogP contribution in [-0.4, -0.2) is 32.6 Å². The summed E-state index contributed by atoms with van der Waals surface area (Å²) in [6.45, 7) is 5.53. The van der Waals surface area contributed by atoms with Crippen molar-refractivity contribution >= 4 is 22.8 Å². The summed E-state index contributed by atoms with van der Waals surface area (Å²) in [6.07, 6.45) is 1.66. The minimum absolute atomic E-state index is 0.321. The SMILES string of the molecule is C=C1Oc2cc(N(C)C)ccc2N=C1/C=C(/OC)C(C)=N. The van der Waals surface area contributed by atoms with E-state index in [1.807, 2.05) is 37.2 Å². The van der Waals surface area contributed by atoms with Gasteiger partial charge >= 0.3 is 0 Å². The van der Waals surface area contributed by atoms with Crippen LogP contribution in [0.5, 0.6) is 5.75 Å². The Kier molecular flexibility index (Phi) is 4.12. The quantitative estimate of drug-likeness (QED) is 0.682. The topological polar surface area (TPSA) is 57.9 Å². The molecule has 1 heterocycles. The molecule has 0 fully saturated rings. The molecule has 0 spiro atoms. The standard InChI is InChI=1S/C16H19N3O2/c1-10(17)15(20-5)9-14-11(2)21-16-8-12(19(3)4)6-7-13(16)18-14/h6-9,17H,2H2,1,3-5H3/b15-9+,17-10?. The van der Waals surface area contributed by atoms with Crippen LogP contribution in [0.15, 0.2) is 47.4 Å². The van der Waals surface area contributed by atoms with Gasteiger partial charge in [0.15, 0.2) is 5.75 Å². The van der Waals surface area contributed by atoms with Crippen LogP contribution in [0.4, 0.5) is 11.4 Å². The van der Waals surface area contributed by atoms with Gasteiger partial charge in [0.1, 0.15) is 22.9 Å². The van der Waals surface area contributed by atoms with Crippen molar-refractivity contribution in [3.63, 3.8) is 0 Å². The molecule has 0 atom stereocenters. The van der Waals surface area contributed by atoms with Crippen molar-refractivity contribution in [3.05, 3.63) is 42.4 Å². The highest BCUT2D eigenvalue weighted by molar-refractivity contribution is 6.13. The van der Waals surface area contributed by atoms with E-state index in [2.05, 4.69) is 11.6 Å². The van der Waals surface area contributed by atoms with Crippen LogP contribution >= 0.6 is 0 Å². The third-order valence-electron chi connectivity index (χ3n) is 3.08.